The van der Waals surface area contributed by atoms with E-state index in [9.17, 15) is 0 Å². The maximum absolute atomic E-state index is 0. The fourth-order valence-electron chi connectivity index (χ4n) is 0. The summed E-state index contributed by atoms with van der Waals surface area (Å²) in [6, 6.07) is 0. The summed E-state index contributed by atoms with van der Waals surface area (Å²) in [6.45, 7) is 0. The van der Waals surface area contributed by atoms with Crippen LogP contribution in [-0.4, -0.2) is 115 Å². The zero-order chi connectivity index (χ0) is 0. The molecule has 0 aliphatic heterocycles. The van der Waals surface area contributed by atoms with Crippen molar-refractivity contribution in [3.63, 3.8) is 0 Å². The van der Waals surface area contributed by atoms with Crippen LogP contribution >= 0.6 is 0 Å². The quantitative estimate of drug-likeness (QED) is 0.350. The molecular formula is Ga2In2Sn. The fourth-order valence-corrected chi connectivity index (χ4v) is 0. The predicted octanol–water partition coefficient (Wildman–Crippen LogP) is -1.90. The van der Waals surface area contributed by atoms with Crippen LogP contribution < -0.4 is 0 Å². The predicted molar refractivity (Wildman–Crippen MR) is 28.8 cm³/mol. The minimum atomic E-state index is 0. The second-order valence-electron chi connectivity index (χ2n) is 0. The van der Waals surface area contributed by atoms with Gasteiger partial charge in [0, 0.05) is 115 Å². The Bertz CT molecular complexity index is 7.61. The summed E-state index contributed by atoms with van der Waals surface area (Å²) < 4.78 is 0. The second-order valence-corrected chi connectivity index (χ2v) is 0. The molecule has 0 aromatic rings. The third-order valence-electron chi connectivity index (χ3n) is 0. The Morgan fingerprint density at radius 3 is 0.600 bits per heavy atom. The molecule has 0 heterocycles. The second kappa shape index (κ2) is 24.9. The third-order valence-corrected chi connectivity index (χ3v) is 0. The van der Waals surface area contributed by atoms with Gasteiger partial charge < -0.3 is 0 Å². The van der Waals surface area contributed by atoms with Crippen molar-refractivity contribution in [1.29, 1.82) is 0 Å². The van der Waals surface area contributed by atoms with Crippen molar-refractivity contribution in [1.82, 2.24) is 0 Å². The number of hydrogen-bond donors (Lipinski definition) is 0. The van der Waals surface area contributed by atoms with Crippen molar-refractivity contribution in [3.05, 3.63) is 0 Å². The molecule has 0 nitrogen and oxygen atoms in total. The molecule has 16 radical (unpaired) electrons. The molecule has 0 saturated carbocycles. The number of rotatable bonds is 0. The monoisotopic (exact) mass is 488 g/mol. The van der Waals surface area contributed by atoms with E-state index in [0.717, 1.165) is 0 Å². The molecule has 0 bridgehead atoms. The van der Waals surface area contributed by atoms with Crippen molar-refractivity contribution in [2.24, 2.45) is 0 Å². The molecule has 0 saturated heterocycles. The maximum Gasteiger partial charge on any atom is 0 e. The molecule has 0 rings (SSSR count). The van der Waals surface area contributed by atoms with Crippen molar-refractivity contribution in [3.8, 4) is 0 Å². The first-order valence-corrected chi connectivity index (χ1v) is 0. The SMILES string of the molecule is [Ga].[Ga].[In].[In].[Sn]. The molecule has 0 fully saturated rings. The molecule has 0 N–H and O–H groups in total. The topological polar surface area (TPSA) is 0 Å². The van der Waals surface area contributed by atoms with Gasteiger partial charge in [0.15, 0.2) is 0 Å². The van der Waals surface area contributed by atoms with E-state index in [4.69, 9.17) is 0 Å². The molecular weight excluding hydrogens is 488 g/mol. The molecule has 0 spiro atoms. The molecule has 0 unspecified atom stereocenters. The third kappa shape index (κ3) is 18.2. The van der Waals surface area contributed by atoms with Gasteiger partial charge in [-0.1, -0.05) is 0 Å². The summed E-state index contributed by atoms with van der Waals surface area (Å²) in [6.07, 6.45) is 0. The van der Waals surface area contributed by atoms with Crippen LogP contribution in [0.25, 0.3) is 0 Å². The van der Waals surface area contributed by atoms with Crippen LogP contribution in [0.4, 0.5) is 0 Å². The zero-order valence-corrected chi connectivity index (χ0v) is 17.1. The maximum atomic E-state index is 0. The Balaban J connectivity index is 0. The van der Waals surface area contributed by atoms with Crippen LogP contribution in [0.15, 0.2) is 0 Å². The average Bonchev–Trinajstić information content (AvgIpc) is 0. The summed E-state index contributed by atoms with van der Waals surface area (Å²) in [5, 5.41) is 0. The van der Waals surface area contributed by atoms with Gasteiger partial charge in [0.2, 0.25) is 0 Å². The standard InChI is InChI=1S/2Ga.2In.Sn. The minimum absolute atomic E-state index is 0. The summed E-state index contributed by atoms with van der Waals surface area (Å²) in [5.74, 6) is 0. The van der Waals surface area contributed by atoms with Gasteiger partial charge in [-0.15, -0.1) is 0 Å². The Hall–Kier alpha value is 3.81. The Kier molecular flexibility index (Phi) is 185. The van der Waals surface area contributed by atoms with Gasteiger partial charge in [0.25, 0.3) is 0 Å². The smallest absolute Gasteiger partial charge is 0 e. The molecule has 0 aliphatic carbocycles. The van der Waals surface area contributed by atoms with E-state index in [1.54, 1.807) is 0 Å². The van der Waals surface area contributed by atoms with Crippen LogP contribution in [0.3, 0.4) is 0 Å². The van der Waals surface area contributed by atoms with E-state index in [1.165, 1.54) is 0 Å². The van der Waals surface area contributed by atoms with Gasteiger partial charge in [0.1, 0.15) is 0 Å². The van der Waals surface area contributed by atoms with Crippen LogP contribution in [0, 0.1) is 0 Å². The average molecular weight is 488 g/mol. The van der Waals surface area contributed by atoms with Crippen molar-refractivity contribution in [2.45, 2.75) is 0 Å². The molecule has 0 atom stereocenters. The molecule has 0 aromatic heterocycles. The summed E-state index contributed by atoms with van der Waals surface area (Å²) in [4.78, 5) is 0. The van der Waals surface area contributed by atoms with Gasteiger partial charge >= 0.3 is 0 Å². The Labute approximate surface area is 113 Å². The van der Waals surface area contributed by atoms with Gasteiger partial charge in [-0.05, 0) is 0 Å². The number of hydrogen-bond acceptors (Lipinski definition) is 0. The first kappa shape index (κ1) is 37.0. The van der Waals surface area contributed by atoms with Crippen molar-refractivity contribution >= 4 is 115 Å². The van der Waals surface area contributed by atoms with Crippen LogP contribution in [0.5, 0.6) is 0 Å². The first-order valence-electron chi connectivity index (χ1n) is 0. The van der Waals surface area contributed by atoms with Gasteiger partial charge in [-0.2, -0.15) is 0 Å². The van der Waals surface area contributed by atoms with Crippen molar-refractivity contribution < 1.29 is 0 Å². The Morgan fingerprint density at radius 1 is 0.600 bits per heavy atom. The Morgan fingerprint density at radius 2 is 0.600 bits per heavy atom. The first-order chi connectivity index (χ1) is 0. The van der Waals surface area contributed by atoms with E-state index in [2.05, 4.69) is 0 Å². The molecule has 5 heteroatoms. The molecule has 0 aliphatic rings. The fraction of sp³-hybridized carbons (Fsp3) is 0. The molecule has 0 aromatic carbocycles. The normalized spacial score (nSPS) is 0. The molecule has 5 heavy (non-hydrogen) atoms. The van der Waals surface area contributed by atoms with E-state index in [1.807, 2.05) is 0 Å². The van der Waals surface area contributed by atoms with Crippen LogP contribution in [0.2, 0.25) is 0 Å². The molecule has 0 amide bonds. The van der Waals surface area contributed by atoms with E-state index < -0.39 is 0 Å². The minimum Gasteiger partial charge on any atom is 0 e. The van der Waals surface area contributed by atoms with E-state index in [0.29, 0.717) is 0 Å². The summed E-state index contributed by atoms with van der Waals surface area (Å²) >= 11 is 0. The van der Waals surface area contributed by atoms with Crippen LogP contribution in [0.1, 0.15) is 0 Å². The van der Waals surface area contributed by atoms with Gasteiger partial charge in [-0.3, -0.25) is 0 Å². The summed E-state index contributed by atoms with van der Waals surface area (Å²) in [5.41, 5.74) is 0. The largest absolute Gasteiger partial charge is 0 e. The van der Waals surface area contributed by atoms with E-state index in [-0.39, 0.29) is 115 Å². The zero-order valence-electron chi connectivity index (χ0n) is 2.81. The van der Waals surface area contributed by atoms with Gasteiger partial charge in [-0.25, -0.2) is 0 Å². The molecule has 16 valence electrons. The van der Waals surface area contributed by atoms with Crippen LogP contribution in [-0.2, 0) is 0 Å². The van der Waals surface area contributed by atoms with Crippen molar-refractivity contribution in [2.75, 3.05) is 0 Å². The van der Waals surface area contributed by atoms with E-state index >= 15 is 0 Å². The van der Waals surface area contributed by atoms with Gasteiger partial charge in [0.05, 0.1) is 0 Å². The summed E-state index contributed by atoms with van der Waals surface area (Å²) in [7, 11) is 0.